The van der Waals surface area contributed by atoms with Crippen LogP contribution in [0.25, 0.3) is 0 Å². The molecular weight excluding hydrogens is 632 g/mol. The van der Waals surface area contributed by atoms with Crippen molar-refractivity contribution in [3.8, 4) is 0 Å². The van der Waals surface area contributed by atoms with Gasteiger partial charge in [0.05, 0.1) is 6.61 Å². The lowest BCUT2D eigenvalue weighted by molar-refractivity contribution is -0.298. The molecule has 11 heteroatoms. The molecule has 1 aliphatic rings. The van der Waals surface area contributed by atoms with Gasteiger partial charge in [0.2, 0.25) is 0 Å². The Morgan fingerprint density at radius 2 is 1.12 bits per heavy atom. The molecule has 0 spiro atoms. The van der Waals surface area contributed by atoms with Gasteiger partial charge in [0.25, 0.3) is 0 Å². The quantitative estimate of drug-likeness (QED) is 0.0358. The Morgan fingerprint density at radius 3 is 1.67 bits per heavy atom. The number of allylic oxidation sites excluding steroid dienone is 4. The van der Waals surface area contributed by atoms with Crippen LogP contribution in [0.5, 0.6) is 0 Å². The second kappa shape index (κ2) is 29.4. The summed E-state index contributed by atoms with van der Waals surface area (Å²) in [5.74, 6) is -2.47. The number of carboxylic acid groups (broad SMARTS) is 1. The number of aliphatic hydroxyl groups is 3. The first-order valence-electron chi connectivity index (χ1n) is 18.9. The number of aliphatic hydroxyl groups excluding tert-OH is 3. The highest BCUT2D eigenvalue weighted by atomic mass is 16.7. The van der Waals surface area contributed by atoms with Crippen molar-refractivity contribution in [2.45, 2.75) is 185 Å². The normalized spacial score (nSPS) is 21.7. The third-order valence-electron chi connectivity index (χ3n) is 8.50. The first-order valence-corrected chi connectivity index (χ1v) is 18.9. The molecule has 4 N–H and O–H groups in total. The number of hydrogen-bond donors (Lipinski definition) is 4. The van der Waals surface area contributed by atoms with Gasteiger partial charge in [0.15, 0.2) is 18.5 Å². The molecule has 0 amide bonds. The van der Waals surface area contributed by atoms with E-state index in [1.807, 2.05) is 0 Å². The van der Waals surface area contributed by atoms with Crippen LogP contribution in [0.2, 0.25) is 0 Å². The minimum Gasteiger partial charge on any atom is -0.479 e. The molecule has 0 aromatic heterocycles. The van der Waals surface area contributed by atoms with E-state index in [0.717, 1.165) is 83.5 Å². The molecule has 0 radical (unpaired) electrons. The Kier molecular flexibility index (Phi) is 26.8. The number of rotatable bonds is 30. The number of carboxylic acids is 1. The topological polar surface area (TPSA) is 169 Å². The molecule has 0 saturated carbocycles. The van der Waals surface area contributed by atoms with Crippen LogP contribution in [0.1, 0.15) is 149 Å². The molecule has 1 aliphatic heterocycles. The van der Waals surface area contributed by atoms with Gasteiger partial charge in [-0.3, -0.25) is 9.59 Å². The second-order valence-corrected chi connectivity index (χ2v) is 13.1. The smallest absolute Gasteiger partial charge is 0.335 e. The van der Waals surface area contributed by atoms with E-state index in [1.54, 1.807) is 0 Å². The van der Waals surface area contributed by atoms with E-state index >= 15 is 0 Å². The van der Waals surface area contributed by atoms with E-state index in [4.69, 9.17) is 18.9 Å². The molecule has 0 aromatic carbocycles. The zero-order valence-electron chi connectivity index (χ0n) is 30.2. The molecular formula is C38H66O11. The van der Waals surface area contributed by atoms with Crippen LogP contribution in [-0.2, 0) is 33.3 Å². The molecule has 6 atom stereocenters. The number of carbonyl (C=O) groups excluding carboxylic acids is 2. The average molecular weight is 699 g/mol. The van der Waals surface area contributed by atoms with Crippen LogP contribution >= 0.6 is 0 Å². The first-order chi connectivity index (χ1) is 23.7. The molecule has 1 heterocycles. The highest BCUT2D eigenvalue weighted by Crippen LogP contribution is 2.23. The van der Waals surface area contributed by atoms with Crippen molar-refractivity contribution in [1.29, 1.82) is 0 Å². The summed E-state index contributed by atoms with van der Waals surface area (Å²) in [6.45, 7) is 3.68. The maximum Gasteiger partial charge on any atom is 0.335 e. The third-order valence-corrected chi connectivity index (χ3v) is 8.50. The SMILES string of the molecule is CCC/C=C\CCCCCCCC(=O)OC(COC(=O)CCCCCCC/C=C\CCCCCC)COC1OC(C(=O)O)C(O)C(O)C1O. The summed E-state index contributed by atoms with van der Waals surface area (Å²) in [5.41, 5.74) is 0. The lowest BCUT2D eigenvalue weighted by Crippen LogP contribution is -2.60. The fourth-order valence-corrected chi connectivity index (χ4v) is 5.46. The maximum atomic E-state index is 12.6. The lowest BCUT2D eigenvalue weighted by Gasteiger charge is -2.38. The maximum absolute atomic E-state index is 12.6. The number of unbranched alkanes of at least 4 members (excludes halogenated alkanes) is 15. The van der Waals surface area contributed by atoms with E-state index in [-0.39, 0.29) is 19.4 Å². The zero-order chi connectivity index (χ0) is 36.1. The van der Waals surface area contributed by atoms with Crippen molar-refractivity contribution in [1.82, 2.24) is 0 Å². The van der Waals surface area contributed by atoms with Crippen LogP contribution in [0.15, 0.2) is 24.3 Å². The summed E-state index contributed by atoms with van der Waals surface area (Å²) in [4.78, 5) is 36.5. The van der Waals surface area contributed by atoms with Gasteiger partial charge in [0.1, 0.15) is 24.9 Å². The van der Waals surface area contributed by atoms with Crippen LogP contribution in [0, 0.1) is 0 Å². The van der Waals surface area contributed by atoms with Crippen molar-refractivity contribution in [3.63, 3.8) is 0 Å². The van der Waals surface area contributed by atoms with Gasteiger partial charge in [-0.25, -0.2) is 4.79 Å². The van der Waals surface area contributed by atoms with Crippen molar-refractivity contribution in [2.75, 3.05) is 13.2 Å². The standard InChI is InChI=1S/C38H66O11/c1-3-5-7-9-11-13-15-16-17-19-20-22-24-26-31(39)46-28-30(29-47-38-35(43)33(41)34(42)36(49-38)37(44)45)48-32(40)27-25-23-21-18-14-12-10-8-6-4-2/h8,10,13,15,30,33-36,38,41-43H,3-7,9,11-12,14,16-29H2,1-2H3,(H,44,45)/b10-8-,15-13-. The van der Waals surface area contributed by atoms with Gasteiger partial charge >= 0.3 is 17.9 Å². The van der Waals surface area contributed by atoms with E-state index in [0.29, 0.717) is 12.8 Å². The Bertz CT molecular complexity index is 921. The Labute approximate surface area is 294 Å². The van der Waals surface area contributed by atoms with Gasteiger partial charge in [0, 0.05) is 12.8 Å². The molecule has 49 heavy (non-hydrogen) atoms. The molecule has 11 nitrogen and oxygen atoms in total. The van der Waals surface area contributed by atoms with Gasteiger partial charge in [-0.1, -0.05) is 102 Å². The summed E-state index contributed by atoms with van der Waals surface area (Å²) < 4.78 is 21.6. The van der Waals surface area contributed by atoms with E-state index in [2.05, 4.69) is 38.2 Å². The number of carbonyl (C=O) groups is 3. The highest BCUT2D eigenvalue weighted by Gasteiger charge is 2.47. The van der Waals surface area contributed by atoms with Crippen LogP contribution in [0.4, 0.5) is 0 Å². The molecule has 1 saturated heterocycles. The summed E-state index contributed by atoms with van der Waals surface area (Å²) >= 11 is 0. The summed E-state index contributed by atoms with van der Waals surface area (Å²) in [5, 5.41) is 39.6. The number of ether oxygens (including phenoxy) is 4. The lowest BCUT2D eigenvalue weighted by atomic mass is 9.99. The molecule has 284 valence electrons. The highest BCUT2D eigenvalue weighted by molar-refractivity contribution is 5.73. The number of hydrogen-bond acceptors (Lipinski definition) is 10. The zero-order valence-corrected chi connectivity index (χ0v) is 30.2. The summed E-state index contributed by atoms with van der Waals surface area (Å²) in [7, 11) is 0. The fraction of sp³-hybridized carbons (Fsp3) is 0.816. The molecule has 6 unspecified atom stereocenters. The van der Waals surface area contributed by atoms with Gasteiger partial charge in [-0.15, -0.1) is 0 Å². The summed E-state index contributed by atoms with van der Waals surface area (Å²) in [6, 6.07) is 0. The fourth-order valence-electron chi connectivity index (χ4n) is 5.46. The molecule has 0 aliphatic carbocycles. The van der Waals surface area contributed by atoms with Crippen LogP contribution in [-0.4, -0.2) is 88.4 Å². The number of aliphatic carboxylic acids is 1. The largest absolute Gasteiger partial charge is 0.479 e. The predicted octanol–water partition coefficient (Wildman–Crippen LogP) is 6.69. The van der Waals surface area contributed by atoms with Gasteiger partial charge < -0.3 is 39.4 Å². The number of esters is 2. The predicted molar refractivity (Wildman–Crippen MR) is 188 cm³/mol. The second-order valence-electron chi connectivity index (χ2n) is 13.1. The van der Waals surface area contributed by atoms with E-state index in [9.17, 15) is 34.8 Å². The average Bonchev–Trinajstić information content (AvgIpc) is 3.08. The minimum atomic E-state index is -1.86. The van der Waals surface area contributed by atoms with Crippen molar-refractivity contribution >= 4 is 17.9 Å². The molecule has 1 fully saturated rings. The van der Waals surface area contributed by atoms with Crippen LogP contribution in [0.3, 0.4) is 0 Å². The Morgan fingerprint density at radius 1 is 0.612 bits per heavy atom. The van der Waals surface area contributed by atoms with Crippen LogP contribution < -0.4 is 0 Å². The first kappa shape index (κ1) is 44.7. The van der Waals surface area contributed by atoms with Gasteiger partial charge in [-0.05, 0) is 57.8 Å². The van der Waals surface area contributed by atoms with E-state index in [1.165, 1.54) is 25.7 Å². The van der Waals surface area contributed by atoms with Crippen molar-refractivity contribution < 1.29 is 53.8 Å². The van der Waals surface area contributed by atoms with Crippen molar-refractivity contribution in [3.05, 3.63) is 24.3 Å². The van der Waals surface area contributed by atoms with Gasteiger partial charge in [-0.2, -0.15) is 0 Å². The Hall–Kier alpha value is -2.31. The monoisotopic (exact) mass is 698 g/mol. The summed E-state index contributed by atoms with van der Waals surface area (Å²) in [6.07, 6.45) is 19.6. The molecule has 1 rings (SSSR count). The third kappa shape index (κ3) is 22.2. The minimum absolute atomic E-state index is 0.171. The Balaban J connectivity index is 2.46. The molecule has 0 bridgehead atoms. The molecule has 0 aromatic rings. The van der Waals surface area contributed by atoms with Crippen molar-refractivity contribution in [2.24, 2.45) is 0 Å². The van der Waals surface area contributed by atoms with E-state index < -0.39 is 61.3 Å².